The van der Waals surface area contributed by atoms with Crippen LogP contribution in [0.15, 0.2) is 23.1 Å². The van der Waals surface area contributed by atoms with Gasteiger partial charge >= 0.3 is 22.6 Å². The molecule has 2 rings (SSSR count). The first-order valence-corrected chi connectivity index (χ1v) is 11.4. The Hall–Kier alpha value is -5.30. The second kappa shape index (κ2) is 8.88. The van der Waals surface area contributed by atoms with Crippen LogP contribution in [-0.4, -0.2) is 0 Å². The first-order chi connectivity index (χ1) is 18.0. The van der Waals surface area contributed by atoms with Crippen molar-refractivity contribution in [2.45, 2.75) is 17.2 Å². The van der Waals surface area contributed by atoms with Gasteiger partial charge in [-0.15, -0.1) is 0 Å². The second-order valence-corrected chi connectivity index (χ2v) is 9.73. The summed E-state index contributed by atoms with van der Waals surface area (Å²) in [6.07, 6.45) is -11.6. The summed E-state index contributed by atoms with van der Waals surface area (Å²) in [5, 5.41) is 51.4. The van der Waals surface area contributed by atoms with Crippen LogP contribution in [0.25, 0.3) is 11.1 Å². The van der Waals surface area contributed by atoms with Crippen LogP contribution in [0.2, 0.25) is 0 Å². The molecule has 2 aromatic rings. The first-order valence-electron chi connectivity index (χ1n) is 9.43. The zero-order valence-corrected chi connectivity index (χ0v) is 19.3. The molecule has 0 aliphatic heterocycles. The highest BCUT2D eigenvalue weighted by Gasteiger charge is 2.67. The van der Waals surface area contributed by atoms with E-state index in [1.165, 1.54) is 0 Å². The molecule has 204 valence electrons. The highest BCUT2D eigenvalue weighted by molar-refractivity contribution is 8.45. The minimum absolute atomic E-state index is 0.227. The summed E-state index contributed by atoms with van der Waals surface area (Å²) in [5.41, 5.74) is -15.5. The fourth-order valence-corrected chi connectivity index (χ4v) is 4.59. The fourth-order valence-electron chi connectivity index (χ4n) is 3.48. The van der Waals surface area contributed by atoms with Crippen molar-refractivity contribution >= 4 is 21.4 Å². The van der Waals surface area contributed by atoms with Gasteiger partial charge in [0.1, 0.15) is 40.8 Å². The molecule has 0 amide bonds. The number of alkyl halides is 6. The van der Waals surface area contributed by atoms with Crippen LogP contribution in [0.4, 0.5) is 45.8 Å². The lowest BCUT2D eigenvalue weighted by atomic mass is 9.92. The standard InChI is InChI=1S/C22H3F11N6S/c23-21(24,25)17-2-10(3-18(15(17)8-38)22(26,27)28)14(7-37)13-1-11(4-34)19(12(5-35)6-36)16(9-39)20(13)40(29,30,31,32)33/h1-3H/b14-13+. The molecule has 0 radical (unpaired) electrons. The Bertz CT molecular complexity index is 1810. The van der Waals surface area contributed by atoms with Crippen molar-refractivity contribution in [2.24, 2.45) is 0 Å². The lowest BCUT2D eigenvalue weighted by molar-refractivity contribution is -0.143. The molecule has 2 aromatic carbocycles. The molecule has 0 N–H and O–H groups in total. The minimum Gasteiger partial charge on any atom is -0.192 e. The molecule has 0 aromatic heterocycles. The summed E-state index contributed by atoms with van der Waals surface area (Å²) in [6, 6.07) is 4.12. The Morgan fingerprint density at radius 2 is 1.07 bits per heavy atom. The minimum atomic E-state index is -11.3. The Balaban J connectivity index is 3.63. The number of nitrogens with zero attached hydrogens (tertiary/aromatic N) is 6. The summed E-state index contributed by atoms with van der Waals surface area (Å²) in [7, 11) is -11.3. The normalized spacial score (nSPS) is 14.0. The van der Waals surface area contributed by atoms with Crippen molar-refractivity contribution in [3.8, 4) is 36.4 Å². The number of rotatable bonds is 2. The van der Waals surface area contributed by atoms with E-state index >= 15 is 0 Å². The van der Waals surface area contributed by atoms with Crippen LogP contribution in [0.5, 0.6) is 0 Å². The predicted octanol–water partition coefficient (Wildman–Crippen LogP) is 5.92. The van der Waals surface area contributed by atoms with Crippen LogP contribution < -0.4 is 10.4 Å². The zero-order valence-electron chi connectivity index (χ0n) is 18.5. The van der Waals surface area contributed by atoms with Crippen LogP contribution in [0.1, 0.15) is 33.4 Å². The van der Waals surface area contributed by atoms with E-state index in [1.54, 1.807) is 0 Å². The zero-order chi connectivity index (χ0) is 31.1. The molecule has 6 nitrogen and oxygen atoms in total. The maximum atomic E-state index is 14.3. The molecule has 0 bridgehead atoms. The van der Waals surface area contributed by atoms with Crippen LogP contribution in [0.3, 0.4) is 0 Å². The number of hydrogen-bond acceptors (Lipinski definition) is 6. The highest BCUT2D eigenvalue weighted by Crippen LogP contribution is 3.01. The van der Waals surface area contributed by atoms with Crippen molar-refractivity contribution in [2.75, 3.05) is 0 Å². The Kier molecular flexibility index (Phi) is 6.86. The predicted molar refractivity (Wildman–Crippen MR) is 110 cm³/mol. The van der Waals surface area contributed by atoms with E-state index in [-0.39, 0.29) is 18.2 Å². The molecule has 0 spiro atoms. The van der Waals surface area contributed by atoms with E-state index < -0.39 is 82.4 Å². The number of halogens is 11. The average Bonchev–Trinajstić information content (AvgIpc) is 2.81. The smallest absolute Gasteiger partial charge is 0.192 e. The van der Waals surface area contributed by atoms with Gasteiger partial charge in [0.15, 0.2) is 0 Å². The first kappa shape index (κ1) is 30.9. The van der Waals surface area contributed by atoms with E-state index in [1.807, 2.05) is 0 Å². The van der Waals surface area contributed by atoms with Crippen molar-refractivity contribution in [1.29, 1.82) is 31.6 Å². The van der Waals surface area contributed by atoms with E-state index in [0.29, 0.717) is 12.1 Å². The molecule has 0 unspecified atom stereocenters. The van der Waals surface area contributed by atoms with Gasteiger partial charge in [-0.05, 0) is 23.8 Å². The van der Waals surface area contributed by atoms with Gasteiger partial charge in [0.25, 0.3) is 0 Å². The van der Waals surface area contributed by atoms with Crippen molar-refractivity contribution in [1.82, 2.24) is 0 Å². The molecule has 0 atom stereocenters. The van der Waals surface area contributed by atoms with Gasteiger partial charge in [0.2, 0.25) is 0 Å². The van der Waals surface area contributed by atoms with Crippen LogP contribution in [-0.2, 0) is 12.4 Å². The lowest BCUT2D eigenvalue weighted by Gasteiger charge is -2.41. The quantitative estimate of drug-likeness (QED) is 0.397. The summed E-state index contributed by atoms with van der Waals surface area (Å²) < 4.78 is 153. The summed E-state index contributed by atoms with van der Waals surface area (Å²) in [5.74, 6) is 0. The SMILES string of the molecule is N#CC(C#N)=c1c(C#N)c/c(=C(/C#N)c2cc(C(F)(F)F)c(C#N)c(C(F)(F)F)c2)c(S(F)(F)(F)(F)F)c1C#N. The number of hydrogen-bond donors (Lipinski definition) is 0. The molecule has 0 aliphatic carbocycles. The molecule has 18 heteroatoms. The van der Waals surface area contributed by atoms with Gasteiger partial charge in [-0.2, -0.15) is 57.9 Å². The van der Waals surface area contributed by atoms with E-state index in [0.717, 1.165) is 24.3 Å². The monoisotopic (exact) mass is 592 g/mol. The van der Waals surface area contributed by atoms with Crippen molar-refractivity contribution in [3.05, 3.63) is 62.0 Å². The third-order valence-electron chi connectivity index (χ3n) is 4.90. The molecule has 0 fully saturated rings. The van der Waals surface area contributed by atoms with E-state index in [2.05, 4.69) is 0 Å². The lowest BCUT2D eigenvalue weighted by Crippen LogP contribution is -2.31. The van der Waals surface area contributed by atoms with E-state index in [9.17, 15) is 61.6 Å². The van der Waals surface area contributed by atoms with Crippen LogP contribution in [0, 0.1) is 68.0 Å². The molecular weight excluding hydrogens is 589 g/mol. The van der Waals surface area contributed by atoms with Gasteiger partial charge in [-0.1, -0.05) is 19.4 Å². The third kappa shape index (κ3) is 5.59. The Morgan fingerprint density at radius 1 is 0.625 bits per heavy atom. The maximum absolute atomic E-state index is 14.3. The Morgan fingerprint density at radius 3 is 1.38 bits per heavy atom. The van der Waals surface area contributed by atoms with Gasteiger partial charge < -0.3 is 0 Å². The molecule has 0 aliphatic rings. The summed E-state index contributed by atoms with van der Waals surface area (Å²) in [4.78, 5) is -3.34. The average molecular weight is 592 g/mol. The van der Waals surface area contributed by atoms with Gasteiger partial charge in [0, 0.05) is 10.4 Å². The third-order valence-corrected chi connectivity index (χ3v) is 6.10. The van der Waals surface area contributed by atoms with Gasteiger partial charge in [-0.25, -0.2) is 0 Å². The molecule has 40 heavy (non-hydrogen) atoms. The van der Waals surface area contributed by atoms with Crippen LogP contribution >= 0.6 is 10.2 Å². The summed E-state index contributed by atoms with van der Waals surface area (Å²) in [6.45, 7) is 0. The fraction of sp³-hybridized carbons (Fsp3) is 0.0909. The molecule has 0 heterocycles. The number of nitriles is 6. The van der Waals surface area contributed by atoms with Crippen molar-refractivity contribution < 1.29 is 45.8 Å². The largest absolute Gasteiger partial charge is 0.417 e. The van der Waals surface area contributed by atoms with Gasteiger partial charge in [-0.3, -0.25) is 0 Å². The topological polar surface area (TPSA) is 143 Å². The van der Waals surface area contributed by atoms with Gasteiger partial charge in [0.05, 0.1) is 39.5 Å². The summed E-state index contributed by atoms with van der Waals surface area (Å²) >= 11 is 0. The molecule has 0 saturated carbocycles. The molecule has 0 saturated heterocycles. The maximum Gasteiger partial charge on any atom is 0.417 e. The number of benzene rings is 2. The highest BCUT2D eigenvalue weighted by atomic mass is 32.5. The Labute approximate surface area is 214 Å². The second-order valence-electron chi connectivity index (χ2n) is 7.38. The van der Waals surface area contributed by atoms with Crippen molar-refractivity contribution in [3.63, 3.8) is 0 Å². The van der Waals surface area contributed by atoms with E-state index in [4.69, 9.17) is 15.8 Å². The molecular formula is C22H3F11N6S.